The highest BCUT2D eigenvalue weighted by molar-refractivity contribution is 5.85. The summed E-state index contributed by atoms with van der Waals surface area (Å²) in [7, 11) is 0. The molecule has 2 aromatic rings. The van der Waals surface area contributed by atoms with Crippen LogP contribution in [0.3, 0.4) is 0 Å². The fourth-order valence-corrected chi connectivity index (χ4v) is 1.92. The van der Waals surface area contributed by atoms with E-state index in [1.165, 1.54) is 16.7 Å². The van der Waals surface area contributed by atoms with Crippen LogP contribution in [0.5, 0.6) is 11.8 Å². The van der Waals surface area contributed by atoms with Crippen LogP contribution >= 0.6 is 0 Å². The lowest BCUT2D eigenvalue weighted by Gasteiger charge is -2.14. The van der Waals surface area contributed by atoms with Gasteiger partial charge in [0.05, 0.1) is 11.8 Å². The molecule has 2 rings (SSSR count). The van der Waals surface area contributed by atoms with E-state index in [9.17, 15) is 18.0 Å². The van der Waals surface area contributed by atoms with E-state index >= 15 is 0 Å². The maximum atomic E-state index is 12.7. The van der Waals surface area contributed by atoms with Crippen molar-refractivity contribution in [3.8, 4) is 11.8 Å². The van der Waals surface area contributed by atoms with Crippen LogP contribution < -0.4 is 4.74 Å². The van der Waals surface area contributed by atoms with Crippen LogP contribution in [0.2, 0.25) is 0 Å². The van der Waals surface area contributed by atoms with Crippen LogP contribution in [0.1, 0.15) is 35.9 Å². The summed E-state index contributed by atoms with van der Waals surface area (Å²) in [5.74, 6) is -1.26. The second kappa shape index (κ2) is 5.70. The predicted octanol–water partition coefficient (Wildman–Crippen LogP) is 3.97. The van der Waals surface area contributed by atoms with Crippen molar-refractivity contribution in [2.45, 2.75) is 26.1 Å². The molecule has 1 aromatic carbocycles. The molecule has 22 heavy (non-hydrogen) atoms. The number of aromatic nitrogens is 2. The largest absolute Gasteiger partial charge is 0.477 e. The Kier molecular flexibility index (Phi) is 4.11. The van der Waals surface area contributed by atoms with Crippen molar-refractivity contribution in [3.05, 3.63) is 41.7 Å². The highest BCUT2D eigenvalue weighted by Gasteiger charge is 2.31. The van der Waals surface area contributed by atoms with Crippen LogP contribution in [0.4, 0.5) is 13.2 Å². The summed E-state index contributed by atoms with van der Waals surface area (Å²) in [6.45, 7) is 3.43. The quantitative estimate of drug-likeness (QED) is 0.927. The molecule has 1 heterocycles. The van der Waals surface area contributed by atoms with E-state index < -0.39 is 17.7 Å². The van der Waals surface area contributed by atoms with E-state index in [1.54, 1.807) is 13.8 Å². The number of halogens is 3. The number of ether oxygens (including phenoxy) is 1. The van der Waals surface area contributed by atoms with Gasteiger partial charge in [0.2, 0.25) is 0 Å². The third kappa shape index (κ3) is 3.21. The molecule has 8 heteroatoms. The van der Waals surface area contributed by atoms with Gasteiger partial charge in [0.25, 0.3) is 0 Å². The Morgan fingerprint density at radius 1 is 1.36 bits per heavy atom. The molecule has 0 spiro atoms. The Balaban J connectivity index is 2.38. The lowest BCUT2D eigenvalue weighted by Crippen LogP contribution is -2.11. The van der Waals surface area contributed by atoms with Crippen LogP contribution in [0.25, 0.3) is 0 Å². The van der Waals surface area contributed by atoms with Gasteiger partial charge in [-0.05, 0) is 32.0 Å². The summed E-state index contributed by atoms with van der Waals surface area (Å²) in [6, 6.07) is 3.94. The first-order valence-electron chi connectivity index (χ1n) is 6.35. The number of imidazole rings is 1. The molecular weight excluding hydrogens is 301 g/mol. The van der Waals surface area contributed by atoms with Gasteiger partial charge in [-0.1, -0.05) is 6.07 Å². The first kappa shape index (κ1) is 15.9. The predicted molar refractivity (Wildman–Crippen MR) is 71.1 cm³/mol. The molecule has 0 aliphatic rings. The molecule has 0 bridgehead atoms. The van der Waals surface area contributed by atoms with Gasteiger partial charge in [-0.15, -0.1) is 0 Å². The fourth-order valence-electron chi connectivity index (χ4n) is 1.92. The monoisotopic (exact) mass is 314 g/mol. The minimum Gasteiger partial charge on any atom is -0.477 e. The van der Waals surface area contributed by atoms with E-state index in [0.29, 0.717) is 0 Å². The third-order valence-electron chi connectivity index (χ3n) is 2.87. The van der Waals surface area contributed by atoms with Gasteiger partial charge in [-0.3, -0.25) is 4.57 Å². The summed E-state index contributed by atoms with van der Waals surface area (Å²) in [5.41, 5.74) is -0.955. The van der Waals surface area contributed by atoms with E-state index in [1.807, 2.05) is 0 Å². The second-order valence-electron chi connectivity index (χ2n) is 4.82. The average molecular weight is 314 g/mol. The summed E-state index contributed by atoms with van der Waals surface area (Å²) in [5, 5.41) is 9.08. The van der Waals surface area contributed by atoms with Crippen molar-refractivity contribution in [1.29, 1.82) is 0 Å². The van der Waals surface area contributed by atoms with Crippen molar-refractivity contribution < 1.29 is 27.8 Å². The highest BCUT2D eigenvalue weighted by Crippen LogP contribution is 2.33. The second-order valence-corrected chi connectivity index (χ2v) is 4.82. The molecule has 5 nitrogen and oxygen atoms in total. The van der Waals surface area contributed by atoms with Gasteiger partial charge in [0, 0.05) is 6.04 Å². The van der Waals surface area contributed by atoms with Crippen LogP contribution in [-0.4, -0.2) is 20.6 Å². The fraction of sp³-hybridized carbons (Fsp3) is 0.286. The Labute approximate surface area is 124 Å². The molecule has 0 aliphatic carbocycles. The van der Waals surface area contributed by atoms with E-state index in [2.05, 4.69) is 4.98 Å². The summed E-state index contributed by atoms with van der Waals surface area (Å²) >= 11 is 0. The van der Waals surface area contributed by atoms with E-state index in [0.717, 1.165) is 18.3 Å². The van der Waals surface area contributed by atoms with Crippen molar-refractivity contribution in [3.63, 3.8) is 0 Å². The van der Waals surface area contributed by atoms with Crippen molar-refractivity contribution in [2.24, 2.45) is 0 Å². The van der Waals surface area contributed by atoms with Gasteiger partial charge in [0.1, 0.15) is 11.4 Å². The number of rotatable bonds is 4. The van der Waals surface area contributed by atoms with Gasteiger partial charge in [-0.2, -0.15) is 13.2 Å². The third-order valence-corrected chi connectivity index (χ3v) is 2.87. The molecule has 0 amide bonds. The Morgan fingerprint density at radius 3 is 2.59 bits per heavy atom. The minimum absolute atomic E-state index is 0.0701. The number of carboxylic acids is 1. The van der Waals surface area contributed by atoms with Gasteiger partial charge in [-0.25, -0.2) is 9.78 Å². The van der Waals surface area contributed by atoms with Crippen LogP contribution in [0.15, 0.2) is 30.5 Å². The van der Waals surface area contributed by atoms with Gasteiger partial charge < -0.3 is 9.84 Å². The first-order valence-corrected chi connectivity index (χ1v) is 6.35. The number of benzene rings is 1. The standard InChI is InChI=1S/C14H13F3N2O3/c1-8(2)19-11(12(20)21)7-18-13(19)22-10-5-3-4-9(6-10)14(15,16)17/h3-8H,1-2H3,(H,20,21). The molecule has 0 aliphatic heterocycles. The lowest BCUT2D eigenvalue weighted by molar-refractivity contribution is -0.137. The number of aromatic carboxylic acids is 1. The number of hydrogen-bond donors (Lipinski definition) is 1. The molecule has 0 saturated heterocycles. The van der Waals surface area contributed by atoms with Gasteiger partial charge in [0.15, 0.2) is 0 Å². The SMILES string of the molecule is CC(C)n1c(C(=O)O)cnc1Oc1cccc(C(F)(F)F)c1. The Bertz CT molecular complexity index is 693. The summed E-state index contributed by atoms with van der Waals surface area (Å²) in [4.78, 5) is 14.9. The molecule has 1 N–H and O–H groups in total. The lowest BCUT2D eigenvalue weighted by atomic mass is 10.2. The van der Waals surface area contributed by atoms with E-state index in [4.69, 9.17) is 9.84 Å². The first-order chi connectivity index (χ1) is 10.2. The number of nitrogens with zero attached hydrogens (tertiary/aromatic N) is 2. The van der Waals surface area contributed by atoms with Crippen LogP contribution in [0, 0.1) is 0 Å². The maximum Gasteiger partial charge on any atom is 0.416 e. The maximum absolute atomic E-state index is 12.7. The average Bonchev–Trinajstić information content (AvgIpc) is 2.82. The summed E-state index contributed by atoms with van der Waals surface area (Å²) < 4.78 is 44.6. The molecule has 118 valence electrons. The Hall–Kier alpha value is -2.51. The van der Waals surface area contributed by atoms with Crippen molar-refractivity contribution in [1.82, 2.24) is 9.55 Å². The zero-order chi connectivity index (χ0) is 16.5. The highest BCUT2D eigenvalue weighted by atomic mass is 19.4. The molecule has 0 saturated carbocycles. The molecule has 0 atom stereocenters. The van der Waals surface area contributed by atoms with Gasteiger partial charge >= 0.3 is 18.2 Å². The molecule has 0 unspecified atom stereocenters. The van der Waals surface area contributed by atoms with Crippen LogP contribution in [-0.2, 0) is 6.18 Å². The normalized spacial score (nSPS) is 11.7. The Morgan fingerprint density at radius 2 is 2.05 bits per heavy atom. The molecule has 0 fully saturated rings. The van der Waals surface area contributed by atoms with E-state index in [-0.39, 0.29) is 23.5 Å². The molecule has 1 aromatic heterocycles. The van der Waals surface area contributed by atoms with Crippen molar-refractivity contribution in [2.75, 3.05) is 0 Å². The summed E-state index contributed by atoms with van der Waals surface area (Å²) in [6.07, 6.45) is -3.38. The van der Waals surface area contributed by atoms with Crippen molar-refractivity contribution >= 4 is 5.97 Å². The zero-order valence-electron chi connectivity index (χ0n) is 11.8. The number of hydrogen-bond acceptors (Lipinski definition) is 3. The number of carbonyl (C=O) groups is 1. The number of carboxylic acid groups (broad SMARTS) is 1. The zero-order valence-corrected chi connectivity index (χ0v) is 11.8. The smallest absolute Gasteiger partial charge is 0.416 e. The minimum atomic E-state index is -4.49. The molecule has 0 radical (unpaired) electrons. The number of alkyl halides is 3. The molecular formula is C14H13F3N2O3. The topological polar surface area (TPSA) is 64.4 Å².